The molecular weight excluding hydrogens is 364 g/mol. The molecule has 0 aromatic rings. The molecule has 0 heterocycles. The van der Waals surface area contributed by atoms with Gasteiger partial charge in [-0.3, -0.25) is 0 Å². The standard InChI is InChI=1S/C19H40O5Si2/c1-8-9-13-25(4,5)24-26(6,7)14-11-10-12-22-15-18(20)16-23-19(21)17(2)3/h18,20H,2,8-16H2,1,3-7H3. The fourth-order valence-electron chi connectivity index (χ4n) is 2.77. The Kier molecular flexibility index (Phi) is 12.6. The number of carbonyl (C=O) groups excluding carboxylic acids is 1. The first-order chi connectivity index (χ1) is 12.0. The van der Waals surface area contributed by atoms with Gasteiger partial charge in [0.25, 0.3) is 0 Å². The van der Waals surface area contributed by atoms with Crippen molar-refractivity contribution < 1.29 is 23.5 Å². The molecule has 0 aliphatic carbocycles. The third-order valence-corrected chi connectivity index (χ3v) is 11.6. The number of aliphatic hydroxyl groups excluding tert-OH is 1. The average molecular weight is 405 g/mol. The van der Waals surface area contributed by atoms with E-state index in [1.165, 1.54) is 18.9 Å². The minimum absolute atomic E-state index is 0.0586. The van der Waals surface area contributed by atoms with E-state index < -0.39 is 28.7 Å². The van der Waals surface area contributed by atoms with Crippen molar-refractivity contribution in [2.45, 2.75) is 83.9 Å². The minimum Gasteiger partial charge on any atom is -0.460 e. The zero-order valence-corrected chi connectivity index (χ0v) is 19.7. The van der Waals surface area contributed by atoms with E-state index in [1.807, 2.05) is 0 Å². The zero-order valence-electron chi connectivity index (χ0n) is 17.7. The molecule has 0 fully saturated rings. The highest BCUT2D eigenvalue weighted by atomic mass is 28.4. The van der Waals surface area contributed by atoms with Gasteiger partial charge >= 0.3 is 5.97 Å². The van der Waals surface area contributed by atoms with E-state index in [4.69, 9.17) is 13.6 Å². The Morgan fingerprint density at radius 2 is 1.62 bits per heavy atom. The van der Waals surface area contributed by atoms with Crippen LogP contribution in [-0.4, -0.2) is 53.6 Å². The van der Waals surface area contributed by atoms with Gasteiger partial charge in [-0.2, -0.15) is 0 Å². The summed E-state index contributed by atoms with van der Waals surface area (Å²) in [4.78, 5) is 11.2. The van der Waals surface area contributed by atoms with Crippen molar-refractivity contribution in [2.24, 2.45) is 0 Å². The molecule has 0 spiro atoms. The van der Waals surface area contributed by atoms with E-state index in [1.54, 1.807) is 6.92 Å². The van der Waals surface area contributed by atoms with E-state index in [2.05, 4.69) is 39.7 Å². The van der Waals surface area contributed by atoms with Crippen LogP contribution in [0.1, 0.15) is 39.5 Å². The summed E-state index contributed by atoms with van der Waals surface area (Å²) in [5.41, 5.74) is 0.327. The van der Waals surface area contributed by atoms with Crippen LogP contribution in [0, 0.1) is 0 Å². The number of aliphatic hydroxyl groups is 1. The van der Waals surface area contributed by atoms with E-state index in [-0.39, 0.29) is 13.2 Å². The molecule has 1 unspecified atom stereocenters. The Morgan fingerprint density at radius 3 is 2.15 bits per heavy atom. The number of hydrogen-bond donors (Lipinski definition) is 1. The number of unbranched alkanes of at least 4 members (excludes halogenated alkanes) is 2. The zero-order chi connectivity index (χ0) is 20.2. The van der Waals surface area contributed by atoms with Crippen LogP contribution in [-0.2, 0) is 18.4 Å². The maximum atomic E-state index is 11.2. The first kappa shape index (κ1) is 25.5. The van der Waals surface area contributed by atoms with Crippen molar-refractivity contribution >= 4 is 22.6 Å². The lowest BCUT2D eigenvalue weighted by Gasteiger charge is -2.34. The van der Waals surface area contributed by atoms with Crippen LogP contribution in [0.3, 0.4) is 0 Å². The fraction of sp³-hybridized carbons (Fsp3) is 0.842. The second-order valence-corrected chi connectivity index (χ2v) is 17.1. The number of rotatable bonds is 15. The summed E-state index contributed by atoms with van der Waals surface area (Å²) in [6, 6.07) is 2.38. The predicted molar refractivity (Wildman–Crippen MR) is 112 cm³/mol. The molecule has 154 valence electrons. The van der Waals surface area contributed by atoms with Crippen LogP contribution < -0.4 is 0 Å². The summed E-state index contributed by atoms with van der Waals surface area (Å²) in [6.07, 6.45) is 3.74. The lowest BCUT2D eigenvalue weighted by Crippen LogP contribution is -2.44. The smallest absolute Gasteiger partial charge is 0.333 e. The molecule has 0 aromatic carbocycles. The lowest BCUT2D eigenvalue weighted by atomic mass is 10.3. The fourth-order valence-corrected chi connectivity index (χ4v) is 11.9. The van der Waals surface area contributed by atoms with Gasteiger partial charge in [-0.25, -0.2) is 4.79 Å². The number of esters is 1. The highest BCUT2D eigenvalue weighted by Gasteiger charge is 2.31. The van der Waals surface area contributed by atoms with Gasteiger partial charge in [0.05, 0.1) is 6.61 Å². The van der Waals surface area contributed by atoms with Crippen molar-refractivity contribution in [2.75, 3.05) is 19.8 Å². The Balaban J connectivity index is 3.84. The van der Waals surface area contributed by atoms with Crippen LogP contribution in [0.25, 0.3) is 0 Å². The summed E-state index contributed by atoms with van der Waals surface area (Å²) >= 11 is 0. The van der Waals surface area contributed by atoms with Gasteiger partial charge < -0.3 is 18.7 Å². The highest BCUT2D eigenvalue weighted by Crippen LogP contribution is 2.24. The minimum atomic E-state index is -1.62. The molecule has 1 N–H and O–H groups in total. The van der Waals surface area contributed by atoms with Crippen molar-refractivity contribution in [3.8, 4) is 0 Å². The quantitative estimate of drug-likeness (QED) is 0.188. The van der Waals surface area contributed by atoms with E-state index in [0.29, 0.717) is 12.2 Å². The SMILES string of the molecule is C=C(C)C(=O)OCC(O)COCCCC[Si](C)(C)O[Si](C)(C)CCCC. The van der Waals surface area contributed by atoms with Crippen molar-refractivity contribution in [1.82, 2.24) is 0 Å². The van der Waals surface area contributed by atoms with Crippen molar-refractivity contribution in [1.29, 1.82) is 0 Å². The normalized spacial score (nSPS) is 13.5. The summed E-state index contributed by atoms with van der Waals surface area (Å²) < 4.78 is 17.0. The Hall–Kier alpha value is -0.476. The maximum Gasteiger partial charge on any atom is 0.333 e. The molecule has 0 rings (SSSR count). The molecule has 0 aliphatic rings. The van der Waals surface area contributed by atoms with Gasteiger partial charge in [0.15, 0.2) is 16.6 Å². The van der Waals surface area contributed by atoms with Crippen LogP contribution in [0.2, 0.25) is 38.3 Å². The molecule has 0 saturated carbocycles. The number of ether oxygens (including phenoxy) is 2. The third kappa shape index (κ3) is 13.7. The Morgan fingerprint density at radius 1 is 1.04 bits per heavy atom. The maximum absolute atomic E-state index is 11.2. The first-order valence-electron chi connectivity index (χ1n) is 9.77. The average Bonchev–Trinajstić information content (AvgIpc) is 2.52. The van der Waals surface area contributed by atoms with Crippen LogP contribution in [0.15, 0.2) is 12.2 Å². The summed E-state index contributed by atoms with van der Waals surface area (Å²) in [7, 11) is -3.14. The monoisotopic (exact) mass is 404 g/mol. The summed E-state index contributed by atoms with van der Waals surface area (Å²) in [5, 5.41) is 9.72. The predicted octanol–water partition coefficient (Wildman–Crippen LogP) is 4.49. The number of hydrogen-bond acceptors (Lipinski definition) is 5. The van der Waals surface area contributed by atoms with E-state index in [9.17, 15) is 9.90 Å². The first-order valence-corrected chi connectivity index (χ1v) is 16.0. The van der Waals surface area contributed by atoms with Gasteiger partial charge in [-0.05, 0) is 51.6 Å². The largest absolute Gasteiger partial charge is 0.460 e. The van der Waals surface area contributed by atoms with Gasteiger partial charge in [0.2, 0.25) is 0 Å². The highest BCUT2D eigenvalue weighted by molar-refractivity contribution is 6.84. The lowest BCUT2D eigenvalue weighted by molar-refractivity contribution is -0.143. The summed E-state index contributed by atoms with van der Waals surface area (Å²) in [6.45, 7) is 17.3. The third-order valence-electron chi connectivity index (χ3n) is 4.07. The van der Waals surface area contributed by atoms with Crippen molar-refractivity contribution in [3.05, 3.63) is 12.2 Å². The molecule has 5 nitrogen and oxygen atoms in total. The molecular formula is C19H40O5Si2. The summed E-state index contributed by atoms with van der Waals surface area (Å²) in [5.74, 6) is -0.485. The van der Waals surface area contributed by atoms with E-state index >= 15 is 0 Å². The Labute approximate surface area is 162 Å². The molecule has 7 heteroatoms. The molecule has 0 saturated heterocycles. The molecule has 26 heavy (non-hydrogen) atoms. The number of carbonyl (C=O) groups is 1. The molecule has 0 radical (unpaired) electrons. The molecule has 0 bridgehead atoms. The van der Waals surface area contributed by atoms with E-state index in [0.717, 1.165) is 18.9 Å². The second-order valence-electron chi connectivity index (χ2n) is 8.29. The topological polar surface area (TPSA) is 65.0 Å². The van der Waals surface area contributed by atoms with Gasteiger partial charge in [0, 0.05) is 12.2 Å². The molecule has 0 aromatic heterocycles. The second kappa shape index (κ2) is 12.8. The van der Waals surface area contributed by atoms with Gasteiger partial charge in [0.1, 0.15) is 12.7 Å². The van der Waals surface area contributed by atoms with Crippen LogP contribution in [0.4, 0.5) is 0 Å². The van der Waals surface area contributed by atoms with Crippen LogP contribution in [0.5, 0.6) is 0 Å². The molecule has 0 aliphatic heterocycles. The van der Waals surface area contributed by atoms with Crippen molar-refractivity contribution in [3.63, 3.8) is 0 Å². The molecule has 0 amide bonds. The van der Waals surface area contributed by atoms with Gasteiger partial charge in [-0.15, -0.1) is 0 Å². The Bertz CT molecular complexity index is 424. The van der Waals surface area contributed by atoms with Gasteiger partial charge in [-0.1, -0.05) is 32.8 Å². The van der Waals surface area contributed by atoms with Crippen LogP contribution >= 0.6 is 0 Å². The molecule has 1 atom stereocenters.